The van der Waals surface area contributed by atoms with E-state index in [1.165, 1.54) is 30.2 Å². The van der Waals surface area contributed by atoms with Crippen LogP contribution in [0.1, 0.15) is 10.4 Å². The highest BCUT2D eigenvalue weighted by Gasteiger charge is 2.15. The lowest BCUT2D eigenvalue weighted by atomic mass is 10.1. The summed E-state index contributed by atoms with van der Waals surface area (Å²) in [6, 6.07) is 14.8. The molecule has 0 aliphatic carbocycles. The second kappa shape index (κ2) is 8.48. The lowest BCUT2D eigenvalue weighted by Gasteiger charge is -2.09. The number of hydrogen-bond donors (Lipinski definition) is 0. The lowest BCUT2D eigenvalue weighted by molar-refractivity contribution is 0.101. The van der Waals surface area contributed by atoms with Crippen molar-refractivity contribution in [3.8, 4) is 17.2 Å². The molecule has 0 fully saturated rings. The number of ether oxygens (including phenoxy) is 2. The Bertz CT molecular complexity index is 967. The first-order chi connectivity index (χ1) is 12.6. The van der Waals surface area contributed by atoms with Crippen LogP contribution in [0.2, 0.25) is 0 Å². The van der Waals surface area contributed by atoms with Gasteiger partial charge in [-0.3, -0.25) is 4.79 Å². The van der Waals surface area contributed by atoms with Crippen molar-refractivity contribution in [2.24, 2.45) is 0 Å². The van der Waals surface area contributed by atoms with Gasteiger partial charge in [0.1, 0.15) is 11.5 Å². The Hall–Kier alpha value is -2.16. The Morgan fingerprint density at radius 1 is 1.19 bits per heavy atom. The van der Waals surface area contributed by atoms with Crippen LogP contribution in [0.4, 0.5) is 0 Å². The van der Waals surface area contributed by atoms with Crippen LogP contribution < -0.4 is 9.47 Å². The van der Waals surface area contributed by atoms with Gasteiger partial charge in [-0.15, -0.1) is 5.10 Å². The molecule has 3 aromatic rings. The van der Waals surface area contributed by atoms with Gasteiger partial charge in [-0.05, 0) is 36.5 Å². The Morgan fingerprint density at radius 2 is 1.96 bits per heavy atom. The zero-order valence-electron chi connectivity index (χ0n) is 14.2. The van der Waals surface area contributed by atoms with E-state index in [2.05, 4.69) is 5.10 Å². The van der Waals surface area contributed by atoms with Crippen LogP contribution in [0, 0.1) is 3.95 Å². The third-order valence-corrected chi connectivity index (χ3v) is 5.93. The van der Waals surface area contributed by atoms with Crippen LogP contribution in [-0.4, -0.2) is 35.5 Å². The normalized spacial score (nSPS) is 10.5. The van der Waals surface area contributed by atoms with Gasteiger partial charge in [-0.1, -0.05) is 41.3 Å². The Kier molecular flexibility index (Phi) is 6.08. The molecule has 2 aromatic carbocycles. The molecule has 0 radical (unpaired) electrons. The van der Waals surface area contributed by atoms with E-state index < -0.39 is 0 Å². The number of methoxy groups -OCH3 is 2. The Morgan fingerprint density at radius 3 is 2.65 bits per heavy atom. The maximum atomic E-state index is 12.6. The van der Waals surface area contributed by atoms with Gasteiger partial charge in [0.25, 0.3) is 0 Å². The number of carbonyl (C=O) groups excluding carboxylic acids is 1. The zero-order valence-corrected chi connectivity index (χ0v) is 16.6. The number of hydrogen-bond acceptors (Lipinski definition) is 7. The second-order valence-electron chi connectivity index (χ2n) is 5.16. The molecule has 0 aliphatic heterocycles. The number of para-hydroxylation sites is 1. The number of nitrogens with zero attached hydrogens (tertiary/aromatic N) is 2. The van der Waals surface area contributed by atoms with E-state index in [9.17, 15) is 4.79 Å². The van der Waals surface area contributed by atoms with Crippen molar-refractivity contribution in [3.05, 3.63) is 58.0 Å². The summed E-state index contributed by atoms with van der Waals surface area (Å²) in [4.78, 5) is 12.6. The molecule has 8 heteroatoms. The maximum Gasteiger partial charge on any atom is 0.184 e. The summed E-state index contributed by atoms with van der Waals surface area (Å²) >= 11 is 8.14. The van der Waals surface area contributed by atoms with Crippen LogP contribution >= 0.6 is 35.3 Å². The number of ketones is 1. The standard InChI is InChI=1S/C18H16N2O3S3/c1-22-13-8-9-14(16(10-13)23-2)15(21)11-25-17-19-20(18(24)26-17)12-6-4-3-5-7-12/h3-10H,11H2,1-2H3. The third-order valence-electron chi connectivity index (χ3n) is 3.57. The Balaban J connectivity index is 1.74. The molecule has 1 heterocycles. The number of Topliss-reactive ketones (excluding diaryl/α,β-unsaturated/α-hetero) is 1. The van der Waals surface area contributed by atoms with E-state index in [0.717, 1.165) is 10.0 Å². The van der Waals surface area contributed by atoms with Crippen molar-refractivity contribution in [2.75, 3.05) is 20.0 Å². The molecule has 3 rings (SSSR count). The molecule has 0 N–H and O–H groups in total. The average Bonchev–Trinajstić information content (AvgIpc) is 3.06. The summed E-state index contributed by atoms with van der Waals surface area (Å²) in [6.07, 6.45) is 0. The van der Waals surface area contributed by atoms with Crippen molar-refractivity contribution in [3.63, 3.8) is 0 Å². The van der Waals surface area contributed by atoms with Crippen molar-refractivity contribution in [1.82, 2.24) is 9.78 Å². The van der Waals surface area contributed by atoms with Gasteiger partial charge < -0.3 is 9.47 Å². The van der Waals surface area contributed by atoms with Gasteiger partial charge in [-0.25, -0.2) is 4.68 Å². The molecule has 0 atom stereocenters. The van der Waals surface area contributed by atoms with Gasteiger partial charge in [0, 0.05) is 6.07 Å². The van der Waals surface area contributed by atoms with Crippen LogP contribution in [0.25, 0.3) is 5.69 Å². The fourth-order valence-electron chi connectivity index (χ4n) is 2.29. The SMILES string of the molecule is COc1ccc(C(=O)CSc2nn(-c3ccccc3)c(=S)s2)c(OC)c1. The second-order valence-corrected chi connectivity index (χ2v) is 8.00. The molecular formula is C18H16N2O3S3. The summed E-state index contributed by atoms with van der Waals surface area (Å²) in [6.45, 7) is 0. The topological polar surface area (TPSA) is 53.3 Å². The van der Waals surface area contributed by atoms with Crippen LogP contribution in [0.5, 0.6) is 11.5 Å². The van der Waals surface area contributed by atoms with Crippen molar-refractivity contribution in [2.45, 2.75) is 4.34 Å². The first-order valence-electron chi connectivity index (χ1n) is 7.66. The first-order valence-corrected chi connectivity index (χ1v) is 9.87. The molecule has 0 aliphatic rings. The van der Waals surface area contributed by atoms with Crippen LogP contribution in [-0.2, 0) is 0 Å². The van der Waals surface area contributed by atoms with Gasteiger partial charge in [-0.2, -0.15) is 0 Å². The summed E-state index contributed by atoms with van der Waals surface area (Å²) < 4.78 is 13.6. The first kappa shape index (κ1) is 18.6. The van der Waals surface area contributed by atoms with Crippen LogP contribution in [0.15, 0.2) is 52.9 Å². The molecule has 0 spiro atoms. The molecule has 0 saturated heterocycles. The van der Waals surface area contributed by atoms with Gasteiger partial charge in [0.15, 0.2) is 14.1 Å². The molecule has 0 saturated carbocycles. The minimum absolute atomic E-state index is 0.0399. The number of carbonyl (C=O) groups is 1. The molecular weight excluding hydrogens is 388 g/mol. The number of rotatable bonds is 7. The van der Waals surface area contributed by atoms with Gasteiger partial charge in [0.2, 0.25) is 0 Å². The minimum atomic E-state index is -0.0399. The predicted octanol–water partition coefficient (Wildman–Crippen LogP) is 4.66. The van der Waals surface area contributed by atoms with E-state index in [0.29, 0.717) is 21.0 Å². The lowest BCUT2D eigenvalue weighted by Crippen LogP contribution is -2.05. The minimum Gasteiger partial charge on any atom is -0.497 e. The molecule has 1 aromatic heterocycles. The predicted molar refractivity (Wildman–Crippen MR) is 107 cm³/mol. The maximum absolute atomic E-state index is 12.6. The number of thioether (sulfide) groups is 1. The van der Waals surface area contributed by atoms with E-state index in [4.69, 9.17) is 21.7 Å². The zero-order chi connectivity index (χ0) is 18.5. The van der Waals surface area contributed by atoms with E-state index in [-0.39, 0.29) is 11.5 Å². The smallest absolute Gasteiger partial charge is 0.184 e. The molecule has 26 heavy (non-hydrogen) atoms. The fraction of sp³-hybridized carbons (Fsp3) is 0.167. The van der Waals surface area contributed by atoms with E-state index >= 15 is 0 Å². The fourth-order valence-corrected chi connectivity index (χ4v) is 4.53. The summed E-state index contributed by atoms with van der Waals surface area (Å²) in [5.41, 5.74) is 1.43. The van der Waals surface area contributed by atoms with E-state index in [1.54, 1.807) is 30.0 Å². The van der Waals surface area contributed by atoms with Crippen molar-refractivity contribution < 1.29 is 14.3 Å². The van der Waals surface area contributed by atoms with E-state index in [1.807, 2.05) is 30.3 Å². The largest absolute Gasteiger partial charge is 0.497 e. The molecule has 134 valence electrons. The van der Waals surface area contributed by atoms with Gasteiger partial charge >= 0.3 is 0 Å². The van der Waals surface area contributed by atoms with Crippen molar-refractivity contribution in [1.29, 1.82) is 0 Å². The van der Waals surface area contributed by atoms with Crippen molar-refractivity contribution >= 4 is 41.1 Å². The highest BCUT2D eigenvalue weighted by Crippen LogP contribution is 2.28. The van der Waals surface area contributed by atoms with Gasteiger partial charge in [0.05, 0.1) is 31.2 Å². The molecule has 5 nitrogen and oxygen atoms in total. The molecule has 0 unspecified atom stereocenters. The Labute approximate surface area is 164 Å². The average molecular weight is 405 g/mol. The summed E-state index contributed by atoms with van der Waals surface area (Å²) in [5, 5.41) is 4.51. The third kappa shape index (κ3) is 4.14. The molecule has 0 bridgehead atoms. The quantitative estimate of drug-likeness (QED) is 0.324. The number of benzene rings is 2. The number of aromatic nitrogens is 2. The summed E-state index contributed by atoms with van der Waals surface area (Å²) in [7, 11) is 3.11. The highest BCUT2D eigenvalue weighted by molar-refractivity contribution is 8.01. The highest BCUT2D eigenvalue weighted by atomic mass is 32.2. The summed E-state index contributed by atoms with van der Waals surface area (Å²) in [5.74, 6) is 1.35. The monoisotopic (exact) mass is 404 g/mol. The molecule has 0 amide bonds. The van der Waals surface area contributed by atoms with Crippen LogP contribution in [0.3, 0.4) is 0 Å².